The number of aromatic carboxylic acids is 1. The van der Waals surface area contributed by atoms with E-state index in [4.69, 9.17) is 5.11 Å². The summed E-state index contributed by atoms with van der Waals surface area (Å²) in [6.07, 6.45) is -2.53. The van der Waals surface area contributed by atoms with Gasteiger partial charge in [0.15, 0.2) is 5.69 Å². The Morgan fingerprint density at radius 2 is 2.16 bits per heavy atom. The third-order valence-corrected chi connectivity index (χ3v) is 3.09. The van der Waals surface area contributed by atoms with Crippen molar-refractivity contribution in [1.29, 1.82) is 0 Å². The lowest BCUT2D eigenvalue weighted by molar-refractivity contribution is -0.127. The van der Waals surface area contributed by atoms with Gasteiger partial charge >= 0.3 is 5.97 Å². The van der Waals surface area contributed by atoms with Crippen LogP contribution in [0.4, 0.5) is 8.78 Å². The number of carboxylic acids is 1. The van der Waals surface area contributed by atoms with Crippen LogP contribution < -0.4 is 0 Å². The Morgan fingerprint density at radius 3 is 2.63 bits per heavy atom. The molecule has 1 aliphatic rings. The smallest absolute Gasteiger partial charge is 0.358 e. The number of hydrogen-bond acceptors (Lipinski definition) is 4. The molecule has 2 rings (SSSR count). The number of carboxylic acid groups (broad SMARTS) is 1. The zero-order valence-electron chi connectivity index (χ0n) is 10.1. The van der Waals surface area contributed by atoms with Crippen LogP contribution in [-0.4, -0.2) is 50.0 Å². The summed E-state index contributed by atoms with van der Waals surface area (Å²) in [5.74, 6) is -1.69. The number of carbonyl (C=O) groups excluding carboxylic acids is 1. The summed E-state index contributed by atoms with van der Waals surface area (Å²) in [4.78, 5) is 23.5. The Morgan fingerprint density at radius 1 is 1.47 bits per heavy atom. The van der Waals surface area contributed by atoms with Crippen LogP contribution in [0, 0.1) is 0 Å². The second-order valence-corrected chi connectivity index (χ2v) is 4.28. The number of carbonyl (C=O) groups is 2. The van der Waals surface area contributed by atoms with Gasteiger partial charge in [0.2, 0.25) is 5.91 Å². The standard InChI is InChI=1S/C10H12F2N4O3/c1-5(17)15-3-2-6(4-15)16-8(9(11)12)7(10(18)19)13-14-16/h6,9H,2-4H2,1H3,(H,18,19). The predicted molar refractivity (Wildman–Crippen MR) is 57.8 cm³/mol. The Balaban J connectivity index is 2.31. The van der Waals surface area contributed by atoms with Crippen LogP contribution in [0.2, 0.25) is 0 Å². The number of likely N-dealkylation sites (tertiary alicyclic amines) is 1. The molecule has 7 nitrogen and oxygen atoms in total. The summed E-state index contributed by atoms with van der Waals surface area (Å²) < 4.78 is 26.8. The molecule has 2 heterocycles. The topological polar surface area (TPSA) is 88.3 Å². The Kier molecular flexibility index (Phi) is 3.45. The van der Waals surface area contributed by atoms with E-state index in [9.17, 15) is 18.4 Å². The highest BCUT2D eigenvalue weighted by molar-refractivity contribution is 5.86. The molecule has 0 saturated carbocycles. The average molecular weight is 274 g/mol. The first-order chi connectivity index (χ1) is 8.91. The van der Waals surface area contributed by atoms with Gasteiger partial charge in [-0.25, -0.2) is 18.3 Å². The molecule has 1 amide bonds. The van der Waals surface area contributed by atoms with Crippen molar-refractivity contribution in [3.63, 3.8) is 0 Å². The number of nitrogens with zero attached hydrogens (tertiary/aromatic N) is 4. The molecule has 1 aromatic rings. The monoisotopic (exact) mass is 274 g/mol. The van der Waals surface area contributed by atoms with Crippen molar-refractivity contribution < 1.29 is 23.5 Å². The van der Waals surface area contributed by atoms with E-state index in [0.717, 1.165) is 4.68 Å². The number of halogens is 2. The molecule has 1 fully saturated rings. The third-order valence-electron chi connectivity index (χ3n) is 3.09. The maximum atomic E-state index is 12.9. The van der Waals surface area contributed by atoms with Gasteiger partial charge in [-0.1, -0.05) is 5.21 Å². The van der Waals surface area contributed by atoms with Crippen molar-refractivity contribution in [3.8, 4) is 0 Å². The number of rotatable bonds is 3. The molecule has 0 bridgehead atoms. The SMILES string of the molecule is CC(=O)N1CCC(n2nnc(C(=O)O)c2C(F)F)C1. The van der Waals surface area contributed by atoms with Gasteiger partial charge in [-0.3, -0.25) is 4.79 Å². The molecule has 19 heavy (non-hydrogen) atoms. The maximum absolute atomic E-state index is 12.9. The summed E-state index contributed by atoms with van der Waals surface area (Å²) in [6.45, 7) is 2.06. The van der Waals surface area contributed by atoms with E-state index >= 15 is 0 Å². The molecule has 1 atom stereocenters. The van der Waals surface area contributed by atoms with Crippen molar-refractivity contribution >= 4 is 11.9 Å². The van der Waals surface area contributed by atoms with E-state index < -0.39 is 29.8 Å². The first-order valence-corrected chi connectivity index (χ1v) is 5.63. The molecule has 1 aliphatic heterocycles. The fraction of sp³-hybridized carbons (Fsp3) is 0.600. The second-order valence-electron chi connectivity index (χ2n) is 4.28. The van der Waals surface area contributed by atoms with Crippen LogP contribution in [0.1, 0.15) is 42.0 Å². The van der Waals surface area contributed by atoms with Crippen LogP contribution in [0.15, 0.2) is 0 Å². The average Bonchev–Trinajstić information content (AvgIpc) is 2.95. The summed E-state index contributed by atoms with van der Waals surface area (Å²) in [7, 11) is 0. The van der Waals surface area contributed by atoms with Gasteiger partial charge < -0.3 is 10.0 Å². The predicted octanol–water partition coefficient (Wildman–Crippen LogP) is 0.707. The molecule has 9 heteroatoms. The molecule has 104 valence electrons. The lowest BCUT2D eigenvalue weighted by atomic mass is 10.2. The molecule has 0 aliphatic carbocycles. The van der Waals surface area contributed by atoms with Crippen LogP contribution in [0.3, 0.4) is 0 Å². The molecular formula is C10H12F2N4O3. The van der Waals surface area contributed by atoms with Crippen molar-refractivity contribution in [2.24, 2.45) is 0 Å². The van der Waals surface area contributed by atoms with Crippen LogP contribution in [-0.2, 0) is 4.79 Å². The van der Waals surface area contributed by atoms with Crippen LogP contribution >= 0.6 is 0 Å². The molecule has 1 N–H and O–H groups in total. The molecule has 1 saturated heterocycles. The van der Waals surface area contributed by atoms with E-state index in [1.54, 1.807) is 0 Å². The highest BCUT2D eigenvalue weighted by Gasteiger charge is 2.33. The lowest BCUT2D eigenvalue weighted by Gasteiger charge is -2.15. The summed E-state index contributed by atoms with van der Waals surface area (Å²) in [6, 6.07) is -0.464. The molecule has 0 aromatic carbocycles. The molecule has 1 unspecified atom stereocenters. The van der Waals surface area contributed by atoms with Gasteiger partial charge in [0.05, 0.1) is 6.04 Å². The van der Waals surface area contributed by atoms with Crippen molar-refractivity contribution in [2.45, 2.75) is 25.8 Å². The van der Waals surface area contributed by atoms with Gasteiger partial charge in [-0.05, 0) is 6.42 Å². The van der Waals surface area contributed by atoms with Crippen LogP contribution in [0.25, 0.3) is 0 Å². The molecule has 0 radical (unpaired) electrons. The largest absolute Gasteiger partial charge is 0.476 e. The zero-order chi connectivity index (χ0) is 14.2. The summed E-state index contributed by atoms with van der Waals surface area (Å²) >= 11 is 0. The number of hydrogen-bond donors (Lipinski definition) is 1. The third kappa shape index (κ3) is 2.40. The number of alkyl halides is 2. The molecular weight excluding hydrogens is 262 g/mol. The van der Waals surface area contributed by atoms with E-state index in [2.05, 4.69) is 10.3 Å². The van der Waals surface area contributed by atoms with Crippen molar-refractivity contribution in [3.05, 3.63) is 11.4 Å². The van der Waals surface area contributed by atoms with Gasteiger partial charge in [-0.15, -0.1) is 5.10 Å². The fourth-order valence-corrected chi connectivity index (χ4v) is 2.15. The van der Waals surface area contributed by atoms with E-state index in [1.807, 2.05) is 0 Å². The van der Waals surface area contributed by atoms with E-state index in [1.165, 1.54) is 11.8 Å². The highest BCUT2D eigenvalue weighted by Crippen LogP contribution is 2.28. The van der Waals surface area contributed by atoms with Gasteiger partial charge in [0.1, 0.15) is 5.69 Å². The normalized spacial score (nSPS) is 19.2. The maximum Gasteiger partial charge on any atom is 0.358 e. The molecule has 1 aromatic heterocycles. The summed E-state index contributed by atoms with van der Waals surface area (Å²) in [5, 5.41) is 15.6. The van der Waals surface area contributed by atoms with E-state index in [-0.39, 0.29) is 12.5 Å². The Labute approximate surface area is 106 Å². The van der Waals surface area contributed by atoms with Gasteiger partial charge in [0, 0.05) is 20.0 Å². The summed E-state index contributed by atoms with van der Waals surface area (Å²) in [5.41, 5.74) is -1.45. The van der Waals surface area contributed by atoms with Crippen molar-refractivity contribution in [2.75, 3.05) is 13.1 Å². The van der Waals surface area contributed by atoms with Crippen molar-refractivity contribution in [1.82, 2.24) is 19.9 Å². The second kappa shape index (κ2) is 4.90. The lowest BCUT2D eigenvalue weighted by Crippen LogP contribution is -2.27. The quantitative estimate of drug-likeness (QED) is 0.876. The van der Waals surface area contributed by atoms with E-state index in [0.29, 0.717) is 13.0 Å². The number of aromatic nitrogens is 3. The number of amides is 1. The van der Waals surface area contributed by atoms with Crippen LogP contribution in [0.5, 0.6) is 0 Å². The Hall–Kier alpha value is -2.06. The zero-order valence-corrected chi connectivity index (χ0v) is 10.1. The minimum Gasteiger partial charge on any atom is -0.476 e. The first kappa shape index (κ1) is 13.4. The van der Waals surface area contributed by atoms with Gasteiger partial charge in [0.25, 0.3) is 6.43 Å². The minimum atomic E-state index is -2.98. The fourth-order valence-electron chi connectivity index (χ4n) is 2.15. The minimum absolute atomic E-state index is 0.153. The van der Waals surface area contributed by atoms with Gasteiger partial charge in [-0.2, -0.15) is 0 Å². The first-order valence-electron chi connectivity index (χ1n) is 5.63. The highest BCUT2D eigenvalue weighted by atomic mass is 19.3. The molecule has 0 spiro atoms. The Bertz CT molecular complexity index is 517.